The first-order valence-electron chi connectivity index (χ1n) is 19.9. The van der Waals surface area contributed by atoms with Gasteiger partial charge in [-0.05, 0) is 81.2 Å². The van der Waals surface area contributed by atoms with Crippen molar-refractivity contribution in [1.82, 2.24) is 14.0 Å². The fraction of sp³-hybridized carbons (Fsp3) is 0. The van der Waals surface area contributed by atoms with Crippen LogP contribution in [0, 0.1) is 0 Å². The molecule has 0 saturated heterocycles. The highest BCUT2D eigenvalue weighted by Crippen LogP contribution is 2.42. The average Bonchev–Trinajstić information content (AvgIpc) is 3.87. The number of benzene rings is 8. The molecule has 0 radical (unpaired) electrons. The van der Waals surface area contributed by atoms with Crippen molar-refractivity contribution in [3.05, 3.63) is 212 Å². The maximum absolute atomic E-state index is 5.62. The summed E-state index contributed by atoms with van der Waals surface area (Å²) in [6, 6.07) is 76.8. The largest absolute Gasteiger partial charge is 0.307 e. The van der Waals surface area contributed by atoms with Crippen molar-refractivity contribution in [3.63, 3.8) is 0 Å². The summed E-state index contributed by atoms with van der Waals surface area (Å²) < 4.78 is 4.90. The van der Waals surface area contributed by atoms with Crippen molar-refractivity contribution in [2.75, 3.05) is 0 Å². The van der Waals surface area contributed by atoms with E-state index in [0.29, 0.717) is 0 Å². The minimum atomic E-state index is 0.876. The zero-order valence-electron chi connectivity index (χ0n) is 31.5. The average molecular weight is 738 g/mol. The Labute approximate surface area is 335 Å². The minimum absolute atomic E-state index is 0.876. The molecule has 12 rings (SSSR count). The Kier molecular flexibility index (Phi) is 7.23. The Hall–Kier alpha value is -7.75. The number of nitrogens with zero attached hydrogens (tertiary/aromatic N) is 3. The van der Waals surface area contributed by atoms with Crippen LogP contribution in [0.1, 0.15) is 0 Å². The number of aromatic nitrogens is 3. The molecule has 0 N–H and O–H groups in total. The molecule has 0 atom stereocenters. The summed E-state index contributed by atoms with van der Waals surface area (Å²) in [5.74, 6) is 0.876. The van der Waals surface area contributed by atoms with E-state index < -0.39 is 0 Å². The van der Waals surface area contributed by atoms with Gasteiger partial charge in [0, 0.05) is 32.5 Å². The van der Waals surface area contributed by atoms with Crippen molar-refractivity contribution >= 4 is 59.9 Å². The van der Waals surface area contributed by atoms with Crippen molar-refractivity contribution in [2.45, 2.75) is 0 Å². The molecule has 8 aromatic carbocycles. The molecule has 4 aromatic heterocycles. The fourth-order valence-corrected chi connectivity index (χ4v) is 9.21. The predicted molar refractivity (Wildman–Crippen MR) is 244 cm³/mol. The Morgan fingerprint density at radius 1 is 0.293 bits per heavy atom. The lowest BCUT2D eigenvalue weighted by molar-refractivity contribution is 1.08. The molecule has 270 valence electrons. The Balaban J connectivity index is 1.20. The number of rotatable bonds is 5. The molecule has 3 heteroatoms. The second-order valence-corrected chi connectivity index (χ2v) is 15.2. The van der Waals surface area contributed by atoms with Crippen LogP contribution >= 0.6 is 0 Å². The maximum Gasteiger partial charge on any atom is 0.138 e. The van der Waals surface area contributed by atoms with Gasteiger partial charge in [0.1, 0.15) is 5.82 Å². The summed E-state index contributed by atoms with van der Waals surface area (Å²) in [5, 5.41) is 7.34. The number of fused-ring (bicyclic) bond motifs is 12. The van der Waals surface area contributed by atoms with E-state index in [-0.39, 0.29) is 0 Å². The van der Waals surface area contributed by atoms with Crippen LogP contribution in [0.3, 0.4) is 0 Å². The van der Waals surface area contributed by atoms with E-state index in [1.54, 1.807) is 0 Å². The van der Waals surface area contributed by atoms with Gasteiger partial charge < -0.3 is 4.40 Å². The highest BCUT2D eigenvalue weighted by Gasteiger charge is 2.21. The fourth-order valence-electron chi connectivity index (χ4n) is 9.21. The van der Waals surface area contributed by atoms with Gasteiger partial charge in [0.2, 0.25) is 0 Å². The second-order valence-electron chi connectivity index (χ2n) is 15.2. The zero-order chi connectivity index (χ0) is 38.2. The Bertz CT molecular complexity index is 3460. The predicted octanol–water partition coefficient (Wildman–Crippen LogP) is 14.6. The maximum atomic E-state index is 5.62. The molecular weight excluding hydrogens is 703 g/mol. The summed E-state index contributed by atoms with van der Waals surface area (Å²) >= 11 is 0. The normalized spacial score (nSPS) is 11.8. The van der Waals surface area contributed by atoms with Crippen LogP contribution in [0.15, 0.2) is 212 Å². The Morgan fingerprint density at radius 2 is 0.810 bits per heavy atom. The van der Waals surface area contributed by atoms with E-state index in [1.807, 2.05) is 0 Å². The van der Waals surface area contributed by atoms with Gasteiger partial charge in [-0.25, -0.2) is 4.98 Å². The molecule has 0 saturated carbocycles. The third-order valence-corrected chi connectivity index (χ3v) is 11.8. The van der Waals surface area contributed by atoms with Crippen molar-refractivity contribution in [3.8, 4) is 50.5 Å². The van der Waals surface area contributed by atoms with E-state index in [2.05, 4.69) is 221 Å². The summed E-state index contributed by atoms with van der Waals surface area (Å²) in [4.78, 5) is 5.62. The number of hydrogen-bond acceptors (Lipinski definition) is 1. The third kappa shape index (κ3) is 5.04. The van der Waals surface area contributed by atoms with Gasteiger partial charge in [-0.2, -0.15) is 0 Å². The van der Waals surface area contributed by atoms with E-state index >= 15 is 0 Å². The molecule has 58 heavy (non-hydrogen) atoms. The quantitative estimate of drug-likeness (QED) is 0.161. The van der Waals surface area contributed by atoms with Gasteiger partial charge in [-0.1, -0.05) is 170 Å². The number of pyridine rings is 2. The van der Waals surface area contributed by atoms with Gasteiger partial charge in [-0.15, -0.1) is 0 Å². The lowest BCUT2D eigenvalue weighted by Gasteiger charge is -2.15. The van der Waals surface area contributed by atoms with Crippen LogP contribution in [0.25, 0.3) is 110 Å². The summed E-state index contributed by atoms with van der Waals surface area (Å²) in [5.41, 5.74) is 14.8. The van der Waals surface area contributed by atoms with Crippen LogP contribution in [0.4, 0.5) is 0 Å². The molecule has 0 aliphatic rings. The van der Waals surface area contributed by atoms with Crippen LogP contribution in [-0.2, 0) is 0 Å². The topological polar surface area (TPSA) is 22.2 Å². The van der Waals surface area contributed by atoms with Crippen molar-refractivity contribution in [2.24, 2.45) is 0 Å². The Morgan fingerprint density at radius 3 is 1.50 bits per heavy atom. The molecular formula is C55H35N3. The molecule has 12 aromatic rings. The lowest BCUT2D eigenvalue weighted by atomic mass is 9.97. The SMILES string of the molecule is c1ccc(-c2cccc(-c3cc(-c4cccc(-c5ccccc5)c4)nc(-n4c5ccccc5c5ccc6cc7c8ccccc8c8ccccc8n7c6c54)c3)c2)cc1. The number of para-hydroxylation sites is 2. The molecule has 0 amide bonds. The first kappa shape index (κ1) is 32.5. The molecule has 0 aliphatic heterocycles. The molecule has 0 fully saturated rings. The van der Waals surface area contributed by atoms with Gasteiger partial charge >= 0.3 is 0 Å². The van der Waals surface area contributed by atoms with Gasteiger partial charge in [0.05, 0.1) is 33.3 Å². The highest BCUT2D eigenvalue weighted by molar-refractivity contribution is 6.22. The molecule has 0 unspecified atom stereocenters. The van der Waals surface area contributed by atoms with E-state index in [0.717, 1.165) is 44.8 Å². The molecule has 4 heterocycles. The van der Waals surface area contributed by atoms with Gasteiger partial charge in [-0.3, -0.25) is 4.57 Å². The third-order valence-electron chi connectivity index (χ3n) is 11.8. The summed E-state index contributed by atoms with van der Waals surface area (Å²) in [6.07, 6.45) is 0. The second kappa shape index (κ2) is 12.9. The smallest absolute Gasteiger partial charge is 0.138 e. The molecule has 0 spiro atoms. The first-order valence-corrected chi connectivity index (χ1v) is 19.9. The van der Waals surface area contributed by atoms with E-state index in [1.165, 1.54) is 65.6 Å². The lowest BCUT2D eigenvalue weighted by Crippen LogP contribution is -2.01. The van der Waals surface area contributed by atoms with E-state index in [4.69, 9.17) is 4.98 Å². The minimum Gasteiger partial charge on any atom is -0.307 e. The summed E-state index contributed by atoms with van der Waals surface area (Å²) in [6.45, 7) is 0. The number of hydrogen-bond donors (Lipinski definition) is 0. The van der Waals surface area contributed by atoms with Crippen LogP contribution < -0.4 is 0 Å². The van der Waals surface area contributed by atoms with Crippen LogP contribution in [0.5, 0.6) is 0 Å². The van der Waals surface area contributed by atoms with Crippen LogP contribution in [-0.4, -0.2) is 14.0 Å². The standard InChI is InChI=1S/C55H35N3/c1-3-15-36(16-4-1)38-19-13-21-40(31-38)43-33-49(41-22-14-20-39(32-41)37-17-5-2-6-18-37)56-53(35-43)58-51-28-12-10-26-47(51)48-30-29-42-34-52-46-25-8-7-23-44(46)45-24-9-11-27-50(45)57(52)54(42)55(48)58/h1-35H. The molecule has 0 aliphatic carbocycles. The van der Waals surface area contributed by atoms with Gasteiger partial charge in [0.15, 0.2) is 0 Å². The van der Waals surface area contributed by atoms with Crippen LogP contribution in [0.2, 0.25) is 0 Å². The monoisotopic (exact) mass is 737 g/mol. The van der Waals surface area contributed by atoms with Gasteiger partial charge in [0.25, 0.3) is 0 Å². The molecule has 0 bridgehead atoms. The summed E-state index contributed by atoms with van der Waals surface area (Å²) in [7, 11) is 0. The van der Waals surface area contributed by atoms with Crippen molar-refractivity contribution < 1.29 is 0 Å². The zero-order valence-corrected chi connectivity index (χ0v) is 31.5. The molecule has 3 nitrogen and oxygen atoms in total. The van der Waals surface area contributed by atoms with E-state index in [9.17, 15) is 0 Å². The first-order chi connectivity index (χ1) is 28.8. The van der Waals surface area contributed by atoms with Crippen molar-refractivity contribution in [1.29, 1.82) is 0 Å². The highest BCUT2D eigenvalue weighted by atomic mass is 15.1.